The van der Waals surface area contributed by atoms with Gasteiger partial charge in [-0.3, -0.25) is 9.97 Å². The molecule has 0 saturated carbocycles. The van der Waals surface area contributed by atoms with Crippen LogP contribution in [0.15, 0.2) is 54.7 Å². The number of hydrogen-bond donors (Lipinski definition) is 0. The van der Waals surface area contributed by atoms with Crippen LogP contribution in [0.5, 0.6) is 0 Å². The molecule has 0 fully saturated rings. The van der Waals surface area contributed by atoms with Gasteiger partial charge in [-0.2, -0.15) is 0 Å². The molecule has 28 heavy (non-hydrogen) atoms. The van der Waals surface area contributed by atoms with E-state index < -0.39 is 11.8 Å². The smallest absolute Gasteiger partial charge is 0.0802 e. The summed E-state index contributed by atoms with van der Waals surface area (Å²) in [5.74, 6) is 0. The van der Waals surface area contributed by atoms with E-state index in [1.54, 1.807) is 6.20 Å². The molecule has 1 aliphatic rings. The van der Waals surface area contributed by atoms with Crippen LogP contribution in [0, 0.1) is 5.41 Å². The molecule has 2 heteroatoms. The van der Waals surface area contributed by atoms with Crippen molar-refractivity contribution in [2.45, 2.75) is 46.4 Å². The van der Waals surface area contributed by atoms with Crippen molar-refractivity contribution in [3.05, 3.63) is 71.5 Å². The molecule has 4 aromatic rings. The molecule has 2 aromatic heterocycles. The van der Waals surface area contributed by atoms with Crippen LogP contribution < -0.4 is 0 Å². The Kier molecular flexibility index (Phi) is 3.06. The highest BCUT2D eigenvalue weighted by molar-refractivity contribution is 6.04. The molecule has 2 nitrogen and oxygen atoms in total. The van der Waals surface area contributed by atoms with Crippen molar-refractivity contribution in [2.75, 3.05) is 0 Å². The van der Waals surface area contributed by atoms with Crippen molar-refractivity contribution < 1.29 is 2.74 Å². The molecule has 2 aromatic carbocycles. The van der Waals surface area contributed by atoms with E-state index in [0.717, 1.165) is 27.7 Å². The highest BCUT2D eigenvalue weighted by atomic mass is 14.8. The second kappa shape index (κ2) is 5.64. The second-order valence-electron chi connectivity index (χ2n) is 9.32. The molecule has 0 spiro atoms. The van der Waals surface area contributed by atoms with Crippen LogP contribution >= 0.6 is 0 Å². The SMILES string of the molecule is [2H]C([2H])(c1cc2c3c(nccc3n1)-c1ccc3ccccc3c1C2(C)C)C(C)(C)C. The van der Waals surface area contributed by atoms with Gasteiger partial charge in [0.1, 0.15) is 0 Å². The van der Waals surface area contributed by atoms with E-state index in [4.69, 9.17) is 12.7 Å². The predicted molar refractivity (Wildman–Crippen MR) is 118 cm³/mol. The van der Waals surface area contributed by atoms with E-state index in [0.29, 0.717) is 5.69 Å². The van der Waals surface area contributed by atoms with Crippen LogP contribution in [0.3, 0.4) is 0 Å². The fourth-order valence-electron chi connectivity index (χ4n) is 4.60. The third-order valence-electron chi connectivity index (χ3n) is 5.71. The number of pyridine rings is 2. The second-order valence-corrected chi connectivity index (χ2v) is 9.32. The van der Waals surface area contributed by atoms with Gasteiger partial charge in [-0.1, -0.05) is 71.0 Å². The Morgan fingerprint density at radius 1 is 1.04 bits per heavy atom. The van der Waals surface area contributed by atoms with Crippen LogP contribution in [-0.2, 0) is 11.8 Å². The molecule has 0 N–H and O–H groups in total. The van der Waals surface area contributed by atoms with Crippen LogP contribution in [0.2, 0.25) is 0 Å². The minimum Gasteiger partial charge on any atom is -0.255 e. The number of fused-ring (bicyclic) bond motifs is 4. The van der Waals surface area contributed by atoms with Crippen molar-refractivity contribution in [1.82, 2.24) is 9.97 Å². The lowest BCUT2D eigenvalue weighted by molar-refractivity contribution is 0.406. The number of benzene rings is 2. The molecule has 2 heterocycles. The topological polar surface area (TPSA) is 25.8 Å². The molecule has 1 aliphatic carbocycles. The zero-order valence-corrected chi connectivity index (χ0v) is 17.1. The van der Waals surface area contributed by atoms with Gasteiger partial charge < -0.3 is 0 Å². The fraction of sp³-hybridized carbons (Fsp3) is 0.308. The molecule has 0 amide bonds. The van der Waals surface area contributed by atoms with Gasteiger partial charge in [-0.15, -0.1) is 0 Å². The van der Waals surface area contributed by atoms with Gasteiger partial charge in [0.25, 0.3) is 0 Å². The third kappa shape index (κ3) is 2.47. The molecule has 0 aliphatic heterocycles. The Morgan fingerprint density at radius 3 is 2.61 bits per heavy atom. The average molecular weight is 369 g/mol. The van der Waals surface area contributed by atoms with Crippen molar-refractivity contribution >= 4 is 21.7 Å². The van der Waals surface area contributed by atoms with Crippen LogP contribution in [0.25, 0.3) is 32.9 Å². The minimum atomic E-state index is -1.56. The molecule has 0 unspecified atom stereocenters. The van der Waals surface area contributed by atoms with Gasteiger partial charge in [0.05, 0.1) is 11.2 Å². The lowest BCUT2D eigenvalue weighted by atomic mass is 9.68. The summed E-state index contributed by atoms with van der Waals surface area (Å²) in [7, 11) is 0. The first kappa shape index (κ1) is 15.2. The highest BCUT2D eigenvalue weighted by Gasteiger charge is 2.36. The quantitative estimate of drug-likeness (QED) is 0.374. The molecule has 0 radical (unpaired) electrons. The third-order valence-corrected chi connectivity index (χ3v) is 5.71. The van der Waals surface area contributed by atoms with Crippen molar-refractivity contribution in [3.63, 3.8) is 0 Å². The summed E-state index contributed by atoms with van der Waals surface area (Å²) in [6.07, 6.45) is 0.235. The summed E-state index contributed by atoms with van der Waals surface area (Å²) in [5, 5.41) is 3.47. The molecule has 0 atom stereocenters. The summed E-state index contributed by atoms with van der Waals surface area (Å²) >= 11 is 0. The number of rotatable bonds is 1. The number of aromatic nitrogens is 2. The van der Waals surface area contributed by atoms with Gasteiger partial charge in [0, 0.05) is 31.0 Å². The van der Waals surface area contributed by atoms with E-state index in [1.165, 1.54) is 16.3 Å². The zero-order chi connectivity index (χ0) is 21.5. The number of hydrogen-bond acceptors (Lipinski definition) is 2. The van der Waals surface area contributed by atoms with Gasteiger partial charge in [-0.25, -0.2) is 0 Å². The maximum absolute atomic E-state index is 8.83. The van der Waals surface area contributed by atoms with Crippen LogP contribution in [-0.4, -0.2) is 9.97 Å². The Balaban J connectivity index is 1.93. The summed E-state index contributed by atoms with van der Waals surface area (Å²) in [4.78, 5) is 9.56. The summed E-state index contributed by atoms with van der Waals surface area (Å²) < 4.78 is 17.7. The largest absolute Gasteiger partial charge is 0.255 e. The summed E-state index contributed by atoms with van der Waals surface area (Å²) in [6, 6.07) is 16.7. The Labute approximate surface area is 169 Å². The highest BCUT2D eigenvalue weighted by Crippen LogP contribution is 2.50. The lowest BCUT2D eigenvalue weighted by Gasteiger charge is -2.36. The Hall–Kier alpha value is -2.74. The maximum Gasteiger partial charge on any atom is 0.0802 e. The summed E-state index contributed by atoms with van der Waals surface area (Å²) in [5.41, 5.74) is 4.86. The van der Waals surface area contributed by atoms with Gasteiger partial charge >= 0.3 is 0 Å². The van der Waals surface area contributed by atoms with E-state index in [2.05, 4.69) is 50.2 Å². The molecule has 0 saturated heterocycles. The Bertz CT molecular complexity index is 1330. The van der Waals surface area contributed by atoms with Gasteiger partial charge in [0.15, 0.2) is 0 Å². The first-order valence-electron chi connectivity index (χ1n) is 10.9. The Morgan fingerprint density at radius 2 is 1.82 bits per heavy atom. The summed E-state index contributed by atoms with van der Waals surface area (Å²) in [6.45, 7) is 10.3. The van der Waals surface area contributed by atoms with Crippen molar-refractivity contribution in [2.24, 2.45) is 5.41 Å². The van der Waals surface area contributed by atoms with Gasteiger partial charge in [-0.05, 0) is 45.8 Å². The normalized spacial score (nSPS) is 16.6. The van der Waals surface area contributed by atoms with Crippen LogP contribution in [0.1, 0.15) is 54.2 Å². The molecule has 140 valence electrons. The first-order valence-corrected chi connectivity index (χ1v) is 9.87. The fourth-order valence-corrected chi connectivity index (χ4v) is 4.60. The standard InChI is InChI=1S/C26H26N2/c1-25(2,3)15-17-14-20-22-21(28-17)12-13-27-24(22)19-11-10-16-8-6-7-9-18(16)23(19)26(20,4)5/h6-14H,15H2,1-5H3/i15D2. The van der Waals surface area contributed by atoms with E-state index in [-0.39, 0.29) is 5.41 Å². The van der Waals surface area contributed by atoms with E-state index in [1.807, 2.05) is 32.9 Å². The molecular weight excluding hydrogens is 340 g/mol. The van der Waals surface area contributed by atoms with E-state index in [9.17, 15) is 0 Å². The molecule has 5 rings (SSSR count). The van der Waals surface area contributed by atoms with E-state index >= 15 is 0 Å². The predicted octanol–water partition coefficient (Wildman–Crippen LogP) is 6.68. The zero-order valence-electron chi connectivity index (χ0n) is 19.1. The monoisotopic (exact) mass is 368 g/mol. The van der Waals surface area contributed by atoms with Crippen LogP contribution in [0.4, 0.5) is 0 Å². The van der Waals surface area contributed by atoms with Crippen molar-refractivity contribution in [1.29, 1.82) is 0 Å². The average Bonchev–Trinajstić information content (AvgIpc) is 2.70. The maximum atomic E-state index is 8.83. The molecule has 0 bridgehead atoms. The molecular formula is C26H26N2. The number of nitrogens with zero attached hydrogens (tertiary/aromatic N) is 2. The van der Waals surface area contributed by atoms with Gasteiger partial charge in [0.2, 0.25) is 0 Å². The lowest BCUT2D eigenvalue weighted by Crippen LogP contribution is -2.25. The minimum absolute atomic E-state index is 0.309. The first-order chi connectivity index (χ1) is 14.0. The van der Waals surface area contributed by atoms with Crippen molar-refractivity contribution in [3.8, 4) is 11.3 Å².